The Morgan fingerprint density at radius 2 is 2.27 bits per heavy atom. The first-order chi connectivity index (χ1) is 4.70. The van der Waals surface area contributed by atoms with E-state index in [-0.39, 0.29) is 18.4 Å². The number of halogens is 1. The number of hydrogen-bond acceptors (Lipinski definition) is 2. The van der Waals surface area contributed by atoms with Gasteiger partial charge in [-0.1, -0.05) is 6.92 Å². The minimum absolute atomic E-state index is 0. The molecule has 0 aromatic carbocycles. The summed E-state index contributed by atoms with van der Waals surface area (Å²) < 4.78 is 0. The molecule has 3 nitrogen and oxygen atoms in total. The topological polar surface area (TPSA) is 49.3 Å². The Bertz CT molecular complexity index is 140. The summed E-state index contributed by atoms with van der Waals surface area (Å²) in [5.41, 5.74) is 0. The van der Waals surface area contributed by atoms with Crippen LogP contribution >= 0.6 is 12.4 Å². The average molecular weight is 180 g/mol. The maximum absolute atomic E-state index is 10.4. The van der Waals surface area contributed by atoms with Gasteiger partial charge in [0.25, 0.3) is 0 Å². The molecule has 0 unspecified atom stereocenters. The standard InChI is InChI=1S/C7H13NO2.ClH/c1-5-2-3-8-6(4-5)7(9)10;/h5-6,8H,2-4H2,1H3,(H,9,10);1H/t5-,6+;/m1./s1. The van der Waals surface area contributed by atoms with Crippen LogP contribution in [0, 0.1) is 5.92 Å². The molecule has 0 aromatic heterocycles. The molecule has 0 aliphatic carbocycles. The highest BCUT2D eigenvalue weighted by molar-refractivity contribution is 5.85. The number of piperidine rings is 1. The number of carbonyl (C=O) groups is 1. The average Bonchev–Trinajstić information content (AvgIpc) is 1.88. The van der Waals surface area contributed by atoms with Crippen LogP contribution in [-0.2, 0) is 4.79 Å². The Labute approximate surface area is 72.6 Å². The Morgan fingerprint density at radius 3 is 2.64 bits per heavy atom. The van der Waals surface area contributed by atoms with E-state index in [0.29, 0.717) is 5.92 Å². The number of carboxylic acids is 1. The van der Waals surface area contributed by atoms with Crippen LogP contribution in [0.25, 0.3) is 0 Å². The second-order valence-electron chi connectivity index (χ2n) is 2.97. The highest BCUT2D eigenvalue weighted by atomic mass is 35.5. The van der Waals surface area contributed by atoms with Crippen molar-refractivity contribution < 1.29 is 9.90 Å². The molecule has 0 bridgehead atoms. The van der Waals surface area contributed by atoms with Crippen LogP contribution in [0.4, 0.5) is 0 Å². The molecule has 1 aliphatic heterocycles. The van der Waals surface area contributed by atoms with E-state index in [9.17, 15) is 4.79 Å². The van der Waals surface area contributed by atoms with Gasteiger partial charge in [-0.25, -0.2) is 0 Å². The van der Waals surface area contributed by atoms with E-state index >= 15 is 0 Å². The van der Waals surface area contributed by atoms with Crippen LogP contribution in [0.1, 0.15) is 19.8 Å². The summed E-state index contributed by atoms with van der Waals surface area (Å²) in [6.07, 6.45) is 1.87. The van der Waals surface area contributed by atoms with Gasteiger partial charge >= 0.3 is 5.97 Å². The largest absolute Gasteiger partial charge is 0.480 e. The molecule has 0 aromatic rings. The van der Waals surface area contributed by atoms with E-state index in [1.807, 2.05) is 0 Å². The van der Waals surface area contributed by atoms with Crippen LogP contribution in [-0.4, -0.2) is 23.7 Å². The molecular formula is C7H14ClNO2. The van der Waals surface area contributed by atoms with Gasteiger partial charge in [0.05, 0.1) is 0 Å². The molecule has 0 spiro atoms. The van der Waals surface area contributed by atoms with Crippen molar-refractivity contribution in [1.29, 1.82) is 0 Å². The molecule has 0 amide bonds. The van der Waals surface area contributed by atoms with Gasteiger partial charge in [0, 0.05) is 0 Å². The van der Waals surface area contributed by atoms with Crippen molar-refractivity contribution in [3.63, 3.8) is 0 Å². The zero-order valence-corrected chi connectivity index (χ0v) is 7.36. The lowest BCUT2D eigenvalue weighted by Crippen LogP contribution is -2.42. The molecule has 2 atom stereocenters. The summed E-state index contributed by atoms with van der Waals surface area (Å²) in [5, 5.41) is 11.5. The Hall–Kier alpha value is -0.280. The van der Waals surface area contributed by atoms with Crippen molar-refractivity contribution >= 4 is 18.4 Å². The van der Waals surface area contributed by atoms with Crippen LogP contribution in [0.15, 0.2) is 0 Å². The van der Waals surface area contributed by atoms with Gasteiger partial charge in [0.15, 0.2) is 0 Å². The van der Waals surface area contributed by atoms with Gasteiger partial charge < -0.3 is 10.4 Å². The second-order valence-corrected chi connectivity index (χ2v) is 2.97. The van der Waals surface area contributed by atoms with Gasteiger partial charge in [0.2, 0.25) is 0 Å². The summed E-state index contributed by atoms with van der Waals surface area (Å²) in [7, 11) is 0. The fourth-order valence-electron chi connectivity index (χ4n) is 1.30. The monoisotopic (exact) mass is 179 g/mol. The molecule has 1 heterocycles. The minimum atomic E-state index is -0.716. The molecule has 11 heavy (non-hydrogen) atoms. The third kappa shape index (κ3) is 3.08. The van der Waals surface area contributed by atoms with Crippen molar-refractivity contribution in [2.24, 2.45) is 5.92 Å². The van der Waals surface area contributed by atoms with Crippen molar-refractivity contribution in [2.75, 3.05) is 6.54 Å². The second kappa shape index (κ2) is 4.57. The maximum Gasteiger partial charge on any atom is 0.320 e. The predicted octanol–water partition coefficient (Wildman–Crippen LogP) is 0.881. The summed E-state index contributed by atoms with van der Waals surface area (Å²) in [4.78, 5) is 10.4. The summed E-state index contributed by atoms with van der Waals surface area (Å²) in [6.45, 7) is 2.94. The van der Waals surface area contributed by atoms with Crippen LogP contribution < -0.4 is 5.32 Å². The summed E-state index contributed by atoms with van der Waals surface area (Å²) in [5.74, 6) is -0.158. The molecule has 4 heteroatoms. The molecule has 0 radical (unpaired) electrons. The predicted molar refractivity (Wildman–Crippen MR) is 45.1 cm³/mol. The fourth-order valence-corrected chi connectivity index (χ4v) is 1.30. The molecule has 1 saturated heterocycles. The first-order valence-corrected chi connectivity index (χ1v) is 3.66. The smallest absolute Gasteiger partial charge is 0.320 e. The lowest BCUT2D eigenvalue weighted by molar-refractivity contribution is -0.140. The highest BCUT2D eigenvalue weighted by Gasteiger charge is 2.23. The van der Waals surface area contributed by atoms with E-state index in [0.717, 1.165) is 19.4 Å². The van der Waals surface area contributed by atoms with Gasteiger partial charge in [-0.2, -0.15) is 0 Å². The normalized spacial score (nSPS) is 30.6. The van der Waals surface area contributed by atoms with E-state index in [2.05, 4.69) is 12.2 Å². The molecule has 2 N–H and O–H groups in total. The third-order valence-electron chi connectivity index (χ3n) is 1.96. The minimum Gasteiger partial charge on any atom is -0.480 e. The van der Waals surface area contributed by atoms with Gasteiger partial charge in [-0.15, -0.1) is 12.4 Å². The summed E-state index contributed by atoms with van der Waals surface area (Å²) in [6, 6.07) is -0.302. The SMILES string of the molecule is C[C@@H]1CCN[C@H](C(=O)O)C1.Cl. The van der Waals surface area contributed by atoms with E-state index in [4.69, 9.17) is 5.11 Å². The zero-order chi connectivity index (χ0) is 7.56. The van der Waals surface area contributed by atoms with Gasteiger partial charge in [-0.05, 0) is 25.3 Å². The highest BCUT2D eigenvalue weighted by Crippen LogP contribution is 2.14. The van der Waals surface area contributed by atoms with Crippen molar-refractivity contribution in [1.82, 2.24) is 5.32 Å². The number of rotatable bonds is 1. The Morgan fingerprint density at radius 1 is 1.64 bits per heavy atom. The molecule has 66 valence electrons. The molecule has 1 rings (SSSR count). The third-order valence-corrected chi connectivity index (χ3v) is 1.96. The van der Waals surface area contributed by atoms with Crippen LogP contribution in [0.5, 0.6) is 0 Å². The lowest BCUT2D eigenvalue weighted by Gasteiger charge is -2.24. The molecule has 0 saturated carbocycles. The molecule has 1 fully saturated rings. The van der Waals surface area contributed by atoms with E-state index < -0.39 is 5.97 Å². The maximum atomic E-state index is 10.4. The Balaban J connectivity index is 0.000001000. The lowest BCUT2D eigenvalue weighted by atomic mass is 9.94. The van der Waals surface area contributed by atoms with Gasteiger partial charge in [0.1, 0.15) is 6.04 Å². The van der Waals surface area contributed by atoms with Crippen LogP contribution in [0.2, 0.25) is 0 Å². The summed E-state index contributed by atoms with van der Waals surface area (Å²) >= 11 is 0. The number of nitrogens with one attached hydrogen (secondary N) is 1. The zero-order valence-electron chi connectivity index (χ0n) is 6.54. The number of carboxylic acid groups (broad SMARTS) is 1. The number of aliphatic carboxylic acids is 1. The van der Waals surface area contributed by atoms with Crippen molar-refractivity contribution in [3.05, 3.63) is 0 Å². The molecular weight excluding hydrogens is 166 g/mol. The quantitative estimate of drug-likeness (QED) is 0.629. The fraction of sp³-hybridized carbons (Fsp3) is 0.857. The van der Waals surface area contributed by atoms with Crippen LogP contribution in [0.3, 0.4) is 0 Å². The van der Waals surface area contributed by atoms with Crippen molar-refractivity contribution in [3.8, 4) is 0 Å². The molecule has 1 aliphatic rings. The Kier molecular flexibility index (Phi) is 4.45. The number of hydrogen-bond donors (Lipinski definition) is 2. The van der Waals surface area contributed by atoms with E-state index in [1.165, 1.54) is 0 Å². The first kappa shape index (κ1) is 10.7. The van der Waals surface area contributed by atoms with Crippen molar-refractivity contribution in [2.45, 2.75) is 25.8 Å². The van der Waals surface area contributed by atoms with Gasteiger partial charge in [-0.3, -0.25) is 4.79 Å². The van der Waals surface area contributed by atoms with E-state index in [1.54, 1.807) is 0 Å². The first-order valence-electron chi connectivity index (χ1n) is 3.66.